The molecular weight excluding hydrogens is 298 g/mol. The van der Waals surface area contributed by atoms with Crippen LogP contribution in [0, 0.1) is 11.8 Å². The Labute approximate surface area is 146 Å². The molecule has 2 heterocycles. The minimum atomic E-state index is -0.282. The maximum absolute atomic E-state index is 12.1. The molecule has 4 nitrogen and oxygen atoms in total. The number of amides is 1. The van der Waals surface area contributed by atoms with Crippen molar-refractivity contribution in [1.29, 1.82) is 0 Å². The Balaban J connectivity index is 1.62. The van der Waals surface area contributed by atoms with Crippen LogP contribution in [0.4, 0.5) is 0 Å². The van der Waals surface area contributed by atoms with Gasteiger partial charge in [0.05, 0.1) is 0 Å². The van der Waals surface area contributed by atoms with Gasteiger partial charge in [0.1, 0.15) is 6.04 Å². The minimum Gasteiger partial charge on any atom is -0.368 e. The first kappa shape index (κ1) is 17.4. The van der Waals surface area contributed by atoms with Gasteiger partial charge in [-0.25, -0.2) is 0 Å². The number of benzene rings is 1. The van der Waals surface area contributed by atoms with Gasteiger partial charge in [-0.3, -0.25) is 9.69 Å². The molecule has 24 heavy (non-hydrogen) atoms. The van der Waals surface area contributed by atoms with Crippen molar-refractivity contribution >= 4 is 5.91 Å². The quantitative estimate of drug-likeness (QED) is 0.903. The second kappa shape index (κ2) is 8.13. The van der Waals surface area contributed by atoms with E-state index in [1.807, 2.05) is 30.3 Å². The molecule has 4 heteroatoms. The molecule has 2 aliphatic heterocycles. The highest BCUT2D eigenvalue weighted by Crippen LogP contribution is 2.28. The van der Waals surface area contributed by atoms with Crippen molar-refractivity contribution < 1.29 is 4.79 Å². The monoisotopic (exact) mass is 329 g/mol. The number of likely N-dealkylation sites (tertiary alicyclic amines) is 2. The fourth-order valence-electron chi connectivity index (χ4n) is 4.28. The molecule has 2 aliphatic rings. The van der Waals surface area contributed by atoms with Crippen molar-refractivity contribution in [3.05, 3.63) is 35.9 Å². The van der Waals surface area contributed by atoms with Crippen LogP contribution in [-0.2, 0) is 4.79 Å². The average molecular weight is 329 g/mol. The number of carbonyl (C=O) groups is 1. The summed E-state index contributed by atoms with van der Waals surface area (Å²) in [7, 11) is 0. The van der Waals surface area contributed by atoms with E-state index in [1.165, 1.54) is 38.9 Å². The van der Waals surface area contributed by atoms with Gasteiger partial charge in [0, 0.05) is 13.1 Å². The van der Waals surface area contributed by atoms with Crippen LogP contribution in [0.15, 0.2) is 30.3 Å². The van der Waals surface area contributed by atoms with Gasteiger partial charge in [-0.05, 0) is 62.7 Å². The highest BCUT2D eigenvalue weighted by molar-refractivity contribution is 5.81. The van der Waals surface area contributed by atoms with E-state index in [0.717, 1.165) is 31.0 Å². The largest absolute Gasteiger partial charge is 0.368 e. The van der Waals surface area contributed by atoms with Gasteiger partial charge in [-0.2, -0.15) is 0 Å². The third-order valence-electron chi connectivity index (χ3n) is 5.69. The van der Waals surface area contributed by atoms with E-state index in [-0.39, 0.29) is 11.9 Å². The summed E-state index contributed by atoms with van der Waals surface area (Å²) in [6.07, 6.45) is 5.07. The Morgan fingerprint density at radius 3 is 2.54 bits per heavy atom. The predicted molar refractivity (Wildman–Crippen MR) is 97.5 cm³/mol. The maximum Gasteiger partial charge on any atom is 0.239 e. The molecule has 1 aromatic rings. The number of hydrogen-bond donors (Lipinski definition) is 1. The van der Waals surface area contributed by atoms with E-state index < -0.39 is 0 Å². The second-order valence-corrected chi connectivity index (χ2v) is 7.70. The fraction of sp³-hybridized carbons (Fsp3) is 0.650. The van der Waals surface area contributed by atoms with E-state index >= 15 is 0 Å². The van der Waals surface area contributed by atoms with Gasteiger partial charge >= 0.3 is 0 Å². The van der Waals surface area contributed by atoms with Crippen LogP contribution in [0.1, 0.15) is 44.2 Å². The number of carbonyl (C=O) groups excluding carboxylic acids is 1. The van der Waals surface area contributed by atoms with Gasteiger partial charge in [-0.15, -0.1) is 0 Å². The summed E-state index contributed by atoms with van der Waals surface area (Å²) in [5.41, 5.74) is 6.78. The smallest absolute Gasteiger partial charge is 0.239 e. The summed E-state index contributed by atoms with van der Waals surface area (Å²) in [6.45, 7) is 7.94. The topological polar surface area (TPSA) is 49.6 Å². The normalized spacial score (nSPS) is 25.5. The highest BCUT2D eigenvalue weighted by atomic mass is 16.1. The van der Waals surface area contributed by atoms with E-state index in [0.29, 0.717) is 5.92 Å². The molecule has 1 aromatic carbocycles. The molecule has 2 fully saturated rings. The van der Waals surface area contributed by atoms with E-state index in [1.54, 1.807) is 0 Å². The van der Waals surface area contributed by atoms with Crippen molar-refractivity contribution in [2.75, 3.05) is 32.7 Å². The lowest BCUT2D eigenvalue weighted by Gasteiger charge is -2.40. The molecule has 2 saturated heterocycles. The van der Waals surface area contributed by atoms with E-state index in [2.05, 4.69) is 16.7 Å². The number of piperidine rings is 2. The second-order valence-electron chi connectivity index (χ2n) is 7.70. The Morgan fingerprint density at radius 1 is 1.17 bits per heavy atom. The molecule has 1 amide bonds. The molecule has 0 saturated carbocycles. The van der Waals surface area contributed by atoms with Crippen LogP contribution in [0.25, 0.3) is 0 Å². The first-order valence-corrected chi connectivity index (χ1v) is 9.44. The molecule has 2 atom stereocenters. The Morgan fingerprint density at radius 2 is 1.88 bits per heavy atom. The summed E-state index contributed by atoms with van der Waals surface area (Å²) in [4.78, 5) is 17.0. The van der Waals surface area contributed by atoms with Gasteiger partial charge in [-0.1, -0.05) is 37.3 Å². The SMILES string of the molecule is CC1CCN(CC2CCCN(C(C(N)=O)c3ccccc3)C2)CC1. The third kappa shape index (κ3) is 4.37. The van der Waals surface area contributed by atoms with Crippen LogP contribution < -0.4 is 5.73 Å². The standard InChI is InChI=1S/C20H31N3O/c1-16-9-12-22(13-10-16)14-17-6-5-11-23(15-17)19(20(21)24)18-7-3-2-4-8-18/h2-4,7-8,16-17,19H,5-6,9-15H2,1H3,(H2,21,24). The van der Waals surface area contributed by atoms with Crippen LogP contribution >= 0.6 is 0 Å². The summed E-state index contributed by atoms with van der Waals surface area (Å²) in [6, 6.07) is 9.72. The summed E-state index contributed by atoms with van der Waals surface area (Å²) < 4.78 is 0. The first-order valence-electron chi connectivity index (χ1n) is 9.44. The van der Waals surface area contributed by atoms with Crippen molar-refractivity contribution in [3.63, 3.8) is 0 Å². The van der Waals surface area contributed by atoms with Crippen molar-refractivity contribution in [2.24, 2.45) is 17.6 Å². The van der Waals surface area contributed by atoms with Crippen LogP contribution in [0.2, 0.25) is 0 Å². The number of nitrogens with two attached hydrogens (primary N) is 1. The Kier molecular flexibility index (Phi) is 5.90. The Bertz CT molecular complexity index is 525. The fourth-order valence-corrected chi connectivity index (χ4v) is 4.28. The highest BCUT2D eigenvalue weighted by Gasteiger charge is 2.31. The summed E-state index contributed by atoms with van der Waals surface area (Å²) >= 11 is 0. The summed E-state index contributed by atoms with van der Waals surface area (Å²) in [5, 5.41) is 0. The maximum atomic E-state index is 12.1. The van der Waals surface area contributed by atoms with Gasteiger partial charge in [0.25, 0.3) is 0 Å². The van der Waals surface area contributed by atoms with Crippen LogP contribution in [0.3, 0.4) is 0 Å². The molecule has 0 radical (unpaired) electrons. The molecule has 0 spiro atoms. The van der Waals surface area contributed by atoms with Gasteiger partial charge in [0.2, 0.25) is 5.91 Å². The molecular formula is C20H31N3O. The molecule has 132 valence electrons. The first-order chi connectivity index (χ1) is 11.6. The van der Waals surface area contributed by atoms with Gasteiger partial charge in [0.15, 0.2) is 0 Å². The lowest BCUT2D eigenvalue weighted by atomic mass is 9.92. The average Bonchev–Trinajstić information content (AvgIpc) is 2.58. The number of hydrogen-bond acceptors (Lipinski definition) is 3. The van der Waals surface area contributed by atoms with Crippen LogP contribution in [0.5, 0.6) is 0 Å². The molecule has 3 rings (SSSR count). The molecule has 2 unspecified atom stereocenters. The zero-order chi connectivity index (χ0) is 16.9. The minimum absolute atomic E-state index is 0.228. The predicted octanol–water partition coefficient (Wildman–Crippen LogP) is 2.66. The summed E-state index contributed by atoms with van der Waals surface area (Å²) in [5.74, 6) is 1.30. The number of nitrogens with zero attached hydrogens (tertiary/aromatic N) is 2. The van der Waals surface area contributed by atoms with Crippen LogP contribution in [-0.4, -0.2) is 48.4 Å². The zero-order valence-corrected chi connectivity index (χ0v) is 14.9. The van der Waals surface area contributed by atoms with E-state index in [9.17, 15) is 4.79 Å². The lowest BCUT2D eigenvalue weighted by Crippen LogP contribution is -2.47. The van der Waals surface area contributed by atoms with Crippen molar-refractivity contribution in [3.8, 4) is 0 Å². The number of primary amides is 1. The molecule has 0 aromatic heterocycles. The van der Waals surface area contributed by atoms with Crippen molar-refractivity contribution in [2.45, 2.75) is 38.6 Å². The zero-order valence-electron chi connectivity index (χ0n) is 14.9. The van der Waals surface area contributed by atoms with E-state index in [4.69, 9.17) is 5.73 Å². The lowest BCUT2D eigenvalue weighted by molar-refractivity contribution is -0.124. The molecule has 0 bridgehead atoms. The number of rotatable bonds is 5. The Hall–Kier alpha value is -1.39. The van der Waals surface area contributed by atoms with Crippen molar-refractivity contribution in [1.82, 2.24) is 9.80 Å². The molecule has 2 N–H and O–H groups in total. The third-order valence-corrected chi connectivity index (χ3v) is 5.69. The van der Waals surface area contributed by atoms with Gasteiger partial charge < -0.3 is 10.6 Å². The molecule has 0 aliphatic carbocycles.